The molecule has 1 atom stereocenters. The molecule has 25 heavy (non-hydrogen) atoms. The van der Waals surface area contributed by atoms with Crippen LogP contribution in [0.4, 0.5) is 0 Å². The predicted molar refractivity (Wildman–Crippen MR) is 95.0 cm³/mol. The lowest BCUT2D eigenvalue weighted by molar-refractivity contribution is -0.133. The Bertz CT molecular complexity index is 814. The molecule has 136 valence electrons. The lowest BCUT2D eigenvalue weighted by Crippen LogP contribution is -2.41. The van der Waals surface area contributed by atoms with Gasteiger partial charge in [-0.3, -0.25) is 4.79 Å². The molecule has 1 aliphatic heterocycles. The van der Waals surface area contributed by atoms with Crippen molar-refractivity contribution in [3.63, 3.8) is 0 Å². The molecule has 9 heteroatoms. The number of aryl methyl sites for hydroxylation is 1. The summed E-state index contributed by atoms with van der Waals surface area (Å²) in [5, 5.41) is 11.8. The van der Waals surface area contributed by atoms with Crippen LogP contribution in [-0.2, 0) is 21.1 Å². The predicted octanol–water partition coefficient (Wildman–Crippen LogP) is 2.16. The molecule has 0 N–H and O–H groups in total. The third-order valence-corrected chi connectivity index (χ3v) is 6.66. The molecule has 0 aliphatic carbocycles. The van der Waals surface area contributed by atoms with E-state index >= 15 is 0 Å². The number of carbonyl (C=O) groups is 1. The summed E-state index contributed by atoms with van der Waals surface area (Å²) in [5.41, 5.74) is 0.874. The smallest absolute Gasteiger partial charge is 0.248 e. The molecule has 1 unspecified atom stereocenters. The maximum atomic E-state index is 12.6. The second-order valence-corrected chi connectivity index (χ2v) is 9.17. The van der Waals surface area contributed by atoms with E-state index in [1.807, 2.05) is 23.8 Å². The van der Waals surface area contributed by atoms with Crippen LogP contribution in [0.25, 0.3) is 11.5 Å². The second kappa shape index (κ2) is 7.65. The van der Waals surface area contributed by atoms with Crippen LogP contribution < -0.4 is 0 Å². The van der Waals surface area contributed by atoms with E-state index in [9.17, 15) is 13.2 Å². The fraction of sp³-hybridized carbons (Fsp3) is 0.562. The first kappa shape index (κ1) is 18.1. The van der Waals surface area contributed by atoms with Gasteiger partial charge in [0.2, 0.25) is 17.7 Å². The van der Waals surface area contributed by atoms with Crippen molar-refractivity contribution in [2.45, 2.75) is 38.6 Å². The number of nitrogens with zero attached hydrogens (tertiary/aromatic N) is 3. The van der Waals surface area contributed by atoms with Crippen LogP contribution in [-0.4, -0.2) is 53.5 Å². The van der Waals surface area contributed by atoms with Crippen molar-refractivity contribution in [2.75, 3.05) is 18.1 Å². The van der Waals surface area contributed by atoms with E-state index in [4.69, 9.17) is 4.42 Å². The van der Waals surface area contributed by atoms with E-state index in [0.29, 0.717) is 31.2 Å². The first-order valence-electron chi connectivity index (χ1n) is 8.33. The summed E-state index contributed by atoms with van der Waals surface area (Å²) >= 11 is 1.55. The molecule has 3 heterocycles. The maximum Gasteiger partial charge on any atom is 0.248 e. The minimum absolute atomic E-state index is 0.0563. The van der Waals surface area contributed by atoms with E-state index in [1.165, 1.54) is 0 Å². The quantitative estimate of drug-likeness (QED) is 0.727. The first-order chi connectivity index (χ1) is 12.0. The normalized spacial score (nSPS) is 19.2. The summed E-state index contributed by atoms with van der Waals surface area (Å²) in [6.07, 6.45) is 1.92. The average Bonchev–Trinajstić information content (AvgIpc) is 3.30. The van der Waals surface area contributed by atoms with Gasteiger partial charge in [-0.2, -0.15) is 11.3 Å². The van der Waals surface area contributed by atoms with Gasteiger partial charge in [0.1, 0.15) is 0 Å². The molecule has 2 aromatic heterocycles. The lowest BCUT2D eigenvalue weighted by atomic mass is 10.1. The zero-order chi connectivity index (χ0) is 17.9. The third kappa shape index (κ3) is 4.46. The highest BCUT2D eigenvalue weighted by molar-refractivity contribution is 7.91. The standard InChI is InChI=1S/C16H21N3O4S2/c1-2-7-19(13-6-9-25(21,22)11-13)15(20)4-3-14-17-18-16(23-14)12-5-8-24-10-12/h5,8,10,13H,2-4,6-7,9,11H2,1H3. The summed E-state index contributed by atoms with van der Waals surface area (Å²) in [7, 11) is -3.01. The van der Waals surface area contributed by atoms with Crippen LogP contribution in [0, 0.1) is 0 Å². The molecule has 2 aromatic rings. The van der Waals surface area contributed by atoms with Crippen LogP contribution in [0.2, 0.25) is 0 Å². The highest BCUT2D eigenvalue weighted by Crippen LogP contribution is 2.22. The Morgan fingerprint density at radius 2 is 2.28 bits per heavy atom. The van der Waals surface area contributed by atoms with Crippen LogP contribution in [0.5, 0.6) is 0 Å². The van der Waals surface area contributed by atoms with Crippen molar-refractivity contribution in [3.05, 3.63) is 22.7 Å². The largest absolute Gasteiger partial charge is 0.421 e. The fourth-order valence-electron chi connectivity index (χ4n) is 2.99. The average molecular weight is 383 g/mol. The molecule has 3 rings (SSSR count). The van der Waals surface area contributed by atoms with Crippen molar-refractivity contribution in [2.24, 2.45) is 0 Å². The number of thiophene rings is 1. The van der Waals surface area contributed by atoms with Crippen LogP contribution in [0.1, 0.15) is 32.1 Å². The summed E-state index contributed by atoms with van der Waals surface area (Å²) in [6.45, 7) is 2.55. The van der Waals surface area contributed by atoms with Crippen molar-refractivity contribution in [1.82, 2.24) is 15.1 Å². The van der Waals surface area contributed by atoms with Gasteiger partial charge in [-0.05, 0) is 24.3 Å². The SMILES string of the molecule is CCCN(C(=O)CCc1nnc(-c2ccsc2)o1)C1CCS(=O)(=O)C1. The Hall–Kier alpha value is -1.74. The summed E-state index contributed by atoms with van der Waals surface area (Å²) in [5.74, 6) is 1.06. The number of hydrogen-bond acceptors (Lipinski definition) is 7. The van der Waals surface area contributed by atoms with Gasteiger partial charge >= 0.3 is 0 Å². The van der Waals surface area contributed by atoms with Gasteiger partial charge < -0.3 is 9.32 Å². The highest BCUT2D eigenvalue weighted by atomic mass is 32.2. The molecule has 7 nitrogen and oxygen atoms in total. The molecule has 0 bridgehead atoms. The molecule has 1 fully saturated rings. The zero-order valence-corrected chi connectivity index (χ0v) is 15.7. The van der Waals surface area contributed by atoms with Gasteiger partial charge in [-0.15, -0.1) is 10.2 Å². The van der Waals surface area contributed by atoms with Crippen molar-refractivity contribution >= 4 is 27.1 Å². The number of hydrogen-bond donors (Lipinski definition) is 0. The topological polar surface area (TPSA) is 93.4 Å². The molecule has 0 aromatic carbocycles. The molecule has 1 saturated heterocycles. The first-order valence-corrected chi connectivity index (χ1v) is 11.1. The van der Waals surface area contributed by atoms with Crippen molar-refractivity contribution in [1.29, 1.82) is 0 Å². The molecular weight excluding hydrogens is 362 g/mol. The number of carbonyl (C=O) groups excluding carboxylic acids is 1. The van der Waals surface area contributed by atoms with Gasteiger partial charge in [-0.1, -0.05) is 6.92 Å². The maximum absolute atomic E-state index is 12.6. The molecule has 1 aliphatic rings. The molecule has 0 saturated carbocycles. The fourth-order valence-corrected chi connectivity index (χ4v) is 5.35. The number of sulfone groups is 1. The Kier molecular flexibility index (Phi) is 5.53. The van der Waals surface area contributed by atoms with Gasteiger partial charge in [0, 0.05) is 36.4 Å². The van der Waals surface area contributed by atoms with Gasteiger partial charge in [-0.25, -0.2) is 8.42 Å². The molecule has 0 radical (unpaired) electrons. The number of rotatable bonds is 7. The van der Waals surface area contributed by atoms with Gasteiger partial charge in [0.15, 0.2) is 9.84 Å². The minimum atomic E-state index is -3.01. The number of aromatic nitrogens is 2. The molecule has 0 spiro atoms. The van der Waals surface area contributed by atoms with E-state index in [-0.39, 0.29) is 29.9 Å². The molecular formula is C16H21N3O4S2. The monoisotopic (exact) mass is 383 g/mol. The van der Waals surface area contributed by atoms with Crippen LogP contribution >= 0.6 is 11.3 Å². The Balaban J connectivity index is 1.60. The number of amides is 1. The van der Waals surface area contributed by atoms with Gasteiger partial charge in [0.05, 0.1) is 11.5 Å². The minimum Gasteiger partial charge on any atom is -0.421 e. The van der Waals surface area contributed by atoms with Crippen molar-refractivity contribution in [3.8, 4) is 11.5 Å². The Morgan fingerprint density at radius 3 is 2.92 bits per heavy atom. The van der Waals surface area contributed by atoms with Crippen molar-refractivity contribution < 1.29 is 17.6 Å². The lowest BCUT2D eigenvalue weighted by Gasteiger charge is -2.27. The summed E-state index contributed by atoms with van der Waals surface area (Å²) in [4.78, 5) is 14.3. The summed E-state index contributed by atoms with van der Waals surface area (Å²) < 4.78 is 29.0. The second-order valence-electron chi connectivity index (χ2n) is 6.16. The Labute approximate surface area is 151 Å². The van der Waals surface area contributed by atoms with Crippen LogP contribution in [0.3, 0.4) is 0 Å². The summed E-state index contributed by atoms with van der Waals surface area (Å²) in [6, 6.07) is 1.69. The zero-order valence-electron chi connectivity index (χ0n) is 14.1. The van der Waals surface area contributed by atoms with E-state index in [2.05, 4.69) is 10.2 Å². The van der Waals surface area contributed by atoms with E-state index in [1.54, 1.807) is 16.2 Å². The van der Waals surface area contributed by atoms with E-state index < -0.39 is 9.84 Å². The van der Waals surface area contributed by atoms with Gasteiger partial charge in [0.25, 0.3) is 0 Å². The van der Waals surface area contributed by atoms with E-state index in [0.717, 1.165) is 12.0 Å². The highest BCUT2D eigenvalue weighted by Gasteiger charge is 2.34. The third-order valence-electron chi connectivity index (χ3n) is 4.22. The molecule has 1 amide bonds. The Morgan fingerprint density at radius 1 is 1.44 bits per heavy atom. The van der Waals surface area contributed by atoms with Crippen LogP contribution in [0.15, 0.2) is 21.2 Å².